The van der Waals surface area contributed by atoms with Crippen molar-refractivity contribution >= 4 is 33.2 Å². The van der Waals surface area contributed by atoms with Crippen molar-refractivity contribution < 1.29 is 13.2 Å². The summed E-state index contributed by atoms with van der Waals surface area (Å²) in [5.74, 6) is 0.243. The fraction of sp³-hybridized carbons (Fsp3) is 0.238. The monoisotopic (exact) mass is 431 g/mol. The SMILES string of the molecule is Cc1cc(NC(=O)CCCS(=O)(=O)c2ccc(Cl)cc2)n(Cc2ccccc2)n1. The summed E-state index contributed by atoms with van der Waals surface area (Å²) in [6.45, 7) is 2.39. The van der Waals surface area contributed by atoms with Gasteiger partial charge in [0.2, 0.25) is 5.91 Å². The lowest BCUT2D eigenvalue weighted by Crippen LogP contribution is -2.17. The first-order chi connectivity index (χ1) is 13.8. The number of anilines is 1. The van der Waals surface area contributed by atoms with Crippen molar-refractivity contribution in [3.05, 3.63) is 76.9 Å². The van der Waals surface area contributed by atoms with E-state index in [1.54, 1.807) is 10.7 Å². The van der Waals surface area contributed by atoms with E-state index < -0.39 is 9.84 Å². The van der Waals surface area contributed by atoms with Gasteiger partial charge in [0.1, 0.15) is 5.82 Å². The third kappa shape index (κ3) is 5.92. The Morgan fingerprint density at radius 2 is 1.79 bits per heavy atom. The van der Waals surface area contributed by atoms with Gasteiger partial charge in [-0.15, -0.1) is 0 Å². The highest BCUT2D eigenvalue weighted by molar-refractivity contribution is 7.91. The molecule has 29 heavy (non-hydrogen) atoms. The fourth-order valence-corrected chi connectivity index (χ4v) is 4.35. The second-order valence-electron chi connectivity index (χ2n) is 6.74. The van der Waals surface area contributed by atoms with Gasteiger partial charge in [0.25, 0.3) is 0 Å². The quantitative estimate of drug-likeness (QED) is 0.582. The first kappa shape index (κ1) is 21.1. The Hall–Kier alpha value is -2.64. The summed E-state index contributed by atoms with van der Waals surface area (Å²) in [6.07, 6.45) is 0.324. The normalized spacial score (nSPS) is 11.4. The minimum Gasteiger partial charge on any atom is -0.311 e. The van der Waals surface area contributed by atoms with Crippen LogP contribution in [0.2, 0.25) is 5.02 Å². The second kappa shape index (κ2) is 9.24. The Morgan fingerprint density at radius 3 is 2.48 bits per heavy atom. The smallest absolute Gasteiger partial charge is 0.225 e. The molecule has 1 N–H and O–H groups in total. The number of aryl methyl sites for hydroxylation is 1. The molecule has 1 amide bonds. The van der Waals surface area contributed by atoms with Gasteiger partial charge in [-0.1, -0.05) is 41.9 Å². The molecule has 0 unspecified atom stereocenters. The van der Waals surface area contributed by atoms with Crippen molar-refractivity contribution in [1.29, 1.82) is 0 Å². The van der Waals surface area contributed by atoms with Crippen LogP contribution in [0.4, 0.5) is 5.82 Å². The van der Waals surface area contributed by atoms with E-state index in [1.807, 2.05) is 37.3 Å². The van der Waals surface area contributed by atoms with E-state index in [4.69, 9.17) is 11.6 Å². The highest BCUT2D eigenvalue weighted by atomic mass is 35.5. The number of nitrogens with one attached hydrogen (secondary N) is 1. The van der Waals surface area contributed by atoms with Gasteiger partial charge in [0.15, 0.2) is 9.84 Å². The number of nitrogens with zero attached hydrogens (tertiary/aromatic N) is 2. The van der Waals surface area contributed by atoms with E-state index in [-0.39, 0.29) is 29.4 Å². The number of benzene rings is 2. The van der Waals surface area contributed by atoms with Crippen LogP contribution in [0.15, 0.2) is 65.6 Å². The summed E-state index contributed by atoms with van der Waals surface area (Å²) in [5.41, 5.74) is 1.86. The molecule has 1 aromatic heterocycles. The van der Waals surface area contributed by atoms with Crippen molar-refractivity contribution in [3.8, 4) is 0 Å². The molecule has 0 aliphatic heterocycles. The van der Waals surface area contributed by atoms with Crippen LogP contribution in [0, 0.1) is 6.92 Å². The van der Waals surface area contributed by atoms with Crippen molar-refractivity contribution in [2.45, 2.75) is 31.2 Å². The van der Waals surface area contributed by atoms with Crippen LogP contribution in [0.3, 0.4) is 0 Å². The lowest BCUT2D eigenvalue weighted by atomic mass is 10.2. The van der Waals surface area contributed by atoms with Gasteiger partial charge < -0.3 is 5.32 Å². The third-order valence-electron chi connectivity index (χ3n) is 4.33. The molecule has 6 nitrogen and oxygen atoms in total. The predicted octanol–water partition coefficient (Wildman–Crippen LogP) is 4.09. The molecule has 8 heteroatoms. The van der Waals surface area contributed by atoms with Crippen LogP contribution in [0.25, 0.3) is 0 Å². The van der Waals surface area contributed by atoms with Gasteiger partial charge in [0, 0.05) is 17.5 Å². The zero-order chi connectivity index (χ0) is 20.9. The number of rotatable bonds is 8. The number of hydrogen-bond acceptors (Lipinski definition) is 4. The summed E-state index contributed by atoms with van der Waals surface area (Å²) in [7, 11) is -3.45. The fourth-order valence-electron chi connectivity index (χ4n) is 2.91. The molecule has 0 saturated heterocycles. The molecule has 0 aliphatic rings. The molecule has 0 aliphatic carbocycles. The Labute approximate surface area is 175 Å². The van der Waals surface area contributed by atoms with Gasteiger partial charge in [-0.05, 0) is 43.2 Å². The van der Waals surface area contributed by atoms with Crippen LogP contribution in [0.1, 0.15) is 24.1 Å². The maximum absolute atomic E-state index is 12.4. The summed E-state index contributed by atoms with van der Waals surface area (Å²) < 4.78 is 26.4. The molecule has 1 heterocycles. The van der Waals surface area contributed by atoms with Crippen molar-refractivity contribution in [3.63, 3.8) is 0 Å². The maximum Gasteiger partial charge on any atom is 0.225 e. The number of amides is 1. The zero-order valence-corrected chi connectivity index (χ0v) is 17.6. The molecule has 0 radical (unpaired) electrons. The topological polar surface area (TPSA) is 81.1 Å². The van der Waals surface area contributed by atoms with E-state index in [2.05, 4.69) is 10.4 Å². The summed E-state index contributed by atoms with van der Waals surface area (Å²) in [4.78, 5) is 12.5. The summed E-state index contributed by atoms with van der Waals surface area (Å²) in [6, 6.07) is 17.6. The van der Waals surface area contributed by atoms with E-state index in [9.17, 15) is 13.2 Å². The molecule has 0 spiro atoms. The lowest BCUT2D eigenvalue weighted by molar-refractivity contribution is -0.116. The Balaban J connectivity index is 1.56. The first-order valence-corrected chi connectivity index (χ1v) is 11.2. The summed E-state index contributed by atoms with van der Waals surface area (Å²) >= 11 is 5.80. The Bertz CT molecular complexity index is 1080. The van der Waals surface area contributed by atoms with Gasteiger partial charge >= 0.3 is 0 Å². The predicted molar refractivity (Wildman–Crippen MR) is 114 cm³/mol. The molecule has 0 atom stereocenters. The highest BCUT2D eigenvalue weighted by Gasteiger charge is 2.16. The number of sulfone groups is 1. The molecule has 3 aromatic rings. The Morgan fingerprint density at radius 1 is 1.10 bits per heavy atom. The largest absolute Gasteiger partial charge is 0.311 e. The van der Waals surface area contributed by atoms with Crippen molar-refractivity contribution in [1.82, 2.24) is 9.78 Å². The van der Waals surface area contributed by atoms with Crippen LogP contribution in [-0.4, -0.2) is 29.9 Å². The lowest BCUT2D eigenvalue weighted by Gasteiger charge is -2.09. The minimum absolute atomic E-state index is 0.0996. The number of aromatic nitrogens is 2. The van der Waals surface area contributed by atoms with E-state index in [0.29, 0.717) is 17.4 Å². The molecule has 2 aromatic carbocycles. The minimum atomic E-state index is -3.45. The van der Waals surface area contributed by atoms with Crippen molar-refractivity contribution in [2.24, 2.45) is 0 Å². The second-order valence-corrected chi connectivity index (χ2v) is 9.28. The van der Waals surface area contributed by atoms with Crippen LogP contribution in [0.5, 0.6) is 0 Å². The third-order valence-corrected chi connectivity index (χ3v) is 6.40. The van der Waals surface area contributed by atoms with Crippen LogP contribution < -0.4 is 5.32 Å². The molecule has 0 bridgehead atoms. The highest BCUT2D eigenvalue weighted by Crippen LogP contribution is 2.17. The number of hydrogen-bond donors (Lipinski definition) is 1. The first-order valence-electron chi connectivity index (χ1n) is 9.20. The standard InChI is InChI=1S/C21H22ClN3O3S/c1-16-14-20(25(24-16)15-17-6-3-2-4-7-17)23-21(26)8-5-13-29(27,28)19-11-9-18(22)10-12-19/h2-4,6-7,9-12,14H,5,8,13,15H2,1H3,(H,23,26). The van der Waals surface area contributed by atoms with Gasteiger partial charge in [0.05, 0.1) is 22.9 Å². The molecule has 0 fully saturated rings. The molecule has 3 rings (SSSR count). The molecular formula is C21H22ClN3O3S. The average Bonchev–Trinajstić information content (AvgIpc) is 3.01. The zero-order valence-electron chi connectivity index (χ0n) is 16.0. The van der Waals surface area contributed by atoms with Crippen LogP contribution in [-0.2, 0) is 21.2 Å². The van der Waals surface area contributed by atoms with Gasteiger partial charge in [-0.3, -0.25) is 4.79 Å². The average molecular weight is 432 g/mol. The van der Waals surface area contributed by atoms with Crippen LogP contribution >= 0.6 is 11.6 Å². The molecule has 0 saturated carbocycles. The van der Waals surface area contributed by atoms with E-state index in [0.717, 1.165) is 11.3 Å². The molecule has 152 valence electrons. The van der Waals surface area contributed by atoms with Gasteiger partial charge in [-0.2, -0.15) is 5.10 Å². The number of carbonyl (C=O) groups is 1. The summed E-state index contributed by atoms with van der Waals surface area (Å²) in [5, 5.41) is 7.73. The Kier molecular flexibility index (Phi) is 6.71. The molecular weight excluding hydrogens is 410 g/mol. The van der Waals surface area contributed by atoms with E-state index in [1.165, 1.54) is 24.3 Å². The number of carbonyl (C=O) groups excluding carboxylic acids is 1. The van der Waals surface area contributed by atoms with E-state index >= 15 is 0 Å². The van der Waals surface area contributed by atoms with Crippen molar-refractivity contribution in [2.75, 3.05) is 11.1 Å². The van der Waals surface area contributed by atoms with Gasteiger partial charge in [-0.25, -0.2) is 13.1 Å². The number of halogens is 1. The maximum atomic E-state index is 12.4.